The zero-order valence-electron chi connectivity index (χ0n) is 16.6. The number of halogens is 1. The zero-order valence-corrected chi connectivity index (χ0v) is 19.8. The second-order valence-corrected chi connectivity index (χ2v) is 8.59. The molecule has 0 aliphatic heterocycles. The molecule has 1 aromatic heterocycles. The number of aliphatic imine (C=N–C) groups is 1. The lowest BCUT2D eigenvalue weighted by Crippen LogP contribution is -2.39. The number of guanidine groups is 1. The van der Waals surface area contributed by atoms with Crippen molar-refractivity contribution in [3.63, 3.8) is 0 Å². The van der Waals surface area contributed by atoms with Crippen molar-refractivity contribution < 1.29 is 4.74 Å². The summed E-state index contributed by atoms with van der Waals surface area (Å²) in [5, 5.41) is 9.94. The molecule has 1 aliphatic rings. The molecule has 0 saturated heterocycles. The number of thiazole rings is 1. The highest BCUT2D eigenvalue weighted by atomic mass is 127. The summed E-state index contributed by atoms with van der Waals surface area (Å²) in [4.78, 5) is 8.98. The molecular formula is C19H35IN4OS. The van der Waals surface area contributed by atoms with Crippen LogP contribution in [0.3, 0.4) is 0 Å². The van der Waals surface area contributed by atoms with Crippen LogP contribution in [0.15, 0.2) is 10.4 Å². The molecule has 0 radical (unpaired) electrons. The summed E-state index contributed by atoms with van der Waals surface area (Å²) in [6.45, 7) is 8.78. The van der Waals surface area contributed by atoms with Crippen molar-refractivity contribution in [1.82, 2.24) is 15.6 Å². The maximum atomic E-state index is 6.01. The van der Waals surface area contributed by atoms with Gasteiger partial charge in [0.25, 0.3) is 0 Å². The van der Waals surface area contributed by atoms with Crippen molar-refractivity contribution in [1.29, 1.82) is 0 Å². The molecule has 5 nitrogen and oxygen atoms in total. The quantitative estimate of drug-likeness (QED) is 0.202. The predicted octanol–water partition coefficient (Wildman–Crippen LogP) is 4.46. The number of nitrogens with zero attached hydrogens (tertiary/aromatic N) is 2. The Morgan fingerprint density at radius 1 is 1.23 bits per heavy atom. The Hall–Kier alpha value is -0.410. The van der Waals surface area contributed by atoms with E-state index in [9.17, 15) is 0 Å². The first kappa shape index (κ1) is 23.6. The van der Waals surface area contributed by atoms with Crippen LogP contribution in [0.2, 0.25) is 0 Å². The van der Waals surface area contributed by atoms with Gasteiger partial charge < -0.3 is 15.4 Å². The van der Waals surface area contributed by atoms with E-state index in [0.717, 1.165) is 24.8 Å². The average Bonchev–Trinajstić information content (AvgIpc) is 2.91. The van der Waals surface area contributed by atoms with E-state index >= 15 is 0 Å². The van der Waals surface area contributed by atoms with Crippen LogP contribution in [-0.2, 0) is 16.7 Å². The molecule has 2 rings (SSSR count). The molecule has 1 aromatic rings. The maximum absolute atomic E-state index is 6.01. The van der Waals surface area contributed by atoms with Gasteiger partial charge in [0.15, 0.2) is 5.96 Å². The summed E-state index contributed by atoms with van der Waals surface area (Å²) in [5.41, 5.74) is 1.17. The highest BCUT2D eigenvalue weighted by Crippen LogP contribution is 2.25. The number of hydrogen-bond donors (Lipinski definition) is 2. The molecule has 1 heterocycles. The number of nitrogens with one attached hydrogen (secondary N) is 2. The largest absolute Gasteiger partial charge is 0.376 e. The normalized spacial score (nSPS) is 16.7. The van der Waals surface area contributed by atoms with Gasteiger partial charge in [0.05, 0.1) is 30.0 Å². The van der Waals surface area contributed by atoms with Crippen LogP contribution < -0.4 is 10.6 Å². The van der Waals surface area contributed by atoms with Gasteiger partial charge in [-0.3, -0.25) is 4.99 Å². The molecule has 1 saturated carbocycles. The van der Waals surface area contributed by atoms with Crippen molar-refractivity contribution in [2.24, 2.45) is 4.99 Å². The van der Waals surface area contributed by atoms with Crippen LogP contribution in [0.4, 0.5) is 0 Å². The molecule has 0 unspecified atom stereocenters. The molecule has 7 heteroatoms. The summed E-state index contributed by atoms with van der Waals surface area (Å²) in [6.07, 6.45) is 8.23. The Bertz CT molecular complexity index is 534. The van der Waals surface area contributed by atoms with Crippen molar-refractivity contribution in [2.75, 3.05) is 20.2 Å². The molecule has 26 heavy (non-hydrogen) atoms. The summed E-state index contributed by atoms with van der Waals surface area (Å²) in [5.74, 6) is 0.801. The average molecular weight is 494 g/mol. The highest BCUT2D eigenvalue weighted by molar-refractivity contribution is 14.0. The highest BCUT2D eigenvalue weighted by Gasteiger charge is 2.18. The topological polar surface area (TPSA) is 58.5 Å². The maximum Gasteiger partial charge on any atom is 0.191 e. The first-order chi connectivity index (χ1) is 12.0. The molecule has 150 valence electrons. The van der Waals surface area contributed by atoms with Crippen molar-refractivity contribution in [3.05, 3.63) is 16.1 Å². The summed E-state index contributed by atoms with van der Waals surface area (Å²) in [7, 11) is 1.79. The van der Waals surface area contributed by atoms with Crippen molar-refractivity contribution in [3.8, 4) is 0 Å². The van der Waals surface area contributed by atoms with Crippen LogP contribution in [0, 0.1) is 0 Å². The smallest absolute Gasteiger partial charge is 0.191 e. The van der Waals surface area contributed by atoms with Gasteiger partial charge in [-0.1, -0.05) is 46.5 Å². The SMILES string of the molecule is CN=C(NCCOC1CCCCCC1)NCc1csc(C(C)(C)C)n1.I. The number of rotatable bonds is 6. The molecule has 2 N–H and O–H groups in total. The van der Waals surface area contributed by atoms with E-state index in [-0.39, 0.29) is 29.4 Å². The van der Waals surface area contributed by atoms with Gasteiger partial charge in [-0.2, -0.15) is 0 Å². The van der Waals surface area contributed by atoms with E-state index in [0.29, 0.717) is 12.6 Å². The molecule has 0 atom stereocenters. The van der Waals surface area contributed by atoms with E-state index in [1.807, 2.05) is 0 Å². The lowest BCUT2D eigenvalue weighted by atomic mass is 9.98. The molecular weight excluding hydrogens is 459 g/mol. The van der Waals surface area contributed by atoms with Gasteiger partial charge in [0.1, 0.15) is 0 Å². The molecule has 0 aromatic carbocycles. The van der Waals surface area contributed by atoms with E-state index in [2.05, 4.69) is 41.8 Å². The van der Waals surface area contributed by atoms with Gasteiger partial charge in [-0.15, -0.1) is 35.3 Å². The lowest BCUT2D eigenvalue weighted by molar-refractivity contribution is 0.0468. The summed E-state index contributed by atoms with van der Waals surface area (Å²) in [6, 6.07) is 0. The standard InChI is InChI=1S/C19H34N4OS.HI/c1-19(2,3)17-23-15(14-25-17)13-22-18(20-4)21-11-12-24-16-9-7-5-6-8-10-16;/h14,16H,5-13H2,1-4H3,(H2,20,21,22);1H. The van der Waals surface area contributed by atoms with Gasteiger partial charge in [-0.05, 0) is 12.8 Å². The number of hydrogen-bond acceptors (Lipinski definition) is 4. The third-order valence-corrected chi connectivity index (χ3v) is 5.72. The van der Waals surface area contributed by atoms with E-state index < -0.39 is 0 Å². The Labute approximate surface area is 179 Å². The summed E-state index contributed by atoms with van der Waals surface area (Å²) < 4.78 is 6.01. The van der Waals surface area contributed by atoms with Crippen LogP contribution in [0.25, 0.3) is 0 Å². The van der Waals surface area contributed by atoms with Gasteiger partial charge in [0, 0.05) is 24.4 Å². The Kier molecular flexibility index (Phi) is 11.0. The Morgan fingerprint density at radius 3 is 2.50 bits per heavy atom. The third kappa shape index (κ3) is 8.52. The molecule has 0 amide bonds. The lowest BCUT2D eigenvalue weighted by Gasteiger charge is -2.16. The zero-order chi connectivity index (χ0) is 18.1. The summed E-state index contributed by atoms with van der Waals surface area (Å²) >= 11 is 1.72. The van der Waals surface area contributed by atoms with E-state index in [1.165, 1.54) is 43.5 Å². The van der Waals surface area contributed by atoms with E-state index in [1.54, 1.807) is 18.4 Å². The van der Waals surface area contributed by atoms with Crippen LogP contribution in [-0.4, -0.2) is 37.2 Å². The molecule has 0 bridgehead atoms. The Balaban J connectivity index is 0.00000338. The monoisotopic (exact) mass is 494 g/mol. The van der Waals surface area contributed by atoms with Gasteiger partial charge in [-0.25, -0.2) is 4.98 Å². The fraction of sp³-hybridized carbons (Fsp3) is 0.789. The van der Waals surface area contributed by atoms with Crippen LogP contribution in [0.1, 0.15) is 70.0 Å². The second-order valence-electron chi connectivity index (χ2n) is 7.73. The molecule has 0 spiro atoms. The second kappa shape index (κ2) is 12.1. The van der Waals surface area contributed by atoms with Crippen molar-refractivity contribution in [2.45, 2.75) is 77.4 Å². The fourth-order valence-corrected chi connectivity index (χ4v) is 3.84. The third-order valence-electron chi connectivity index (χ3n) is 4.40. The van der Waals surface area contributed by atoms with Crippen LogP contribution >= 0.6 is 35.3 Å². The minimum atomic E-state index is 0. The van der Waals surface area contributed by atoms with Gasteiger partial charge in [0.2, 0.25) is 0 Å². The fourth-order valence-electron chi connectivity index (χ4n) is 2.93. The van der Waals surface area contributed by atoms with Crippen LogP contribution in [0.5, 0.6) is 0 Å². The van der Waals surface area contributed by atoms with Crippen molar-refractivity contribution >= 4 is 41.3 Å². The van der Waals surface area contributed by atoms with Gasteiger partial charge >= 0.3 is 0 Å². The predicted molar refractivity (Wildman–Crippen MR) is 122 cm³/mol. The first-order valence-corrected chi connectivity index (χ1v) is 10.4. The number of ether oxygens (including phenoxy) is 1. The first-order valence-electron chi connectivity index (χ1n) is 9.50. The minimum absolute atomic E-state index is 0. The molecule has 1 fully saturated rings. The van der Waals surface area contributed by atoms with E-state index in [4.69, 9.17) is 9.72 Å². The molecule has 1 aliphatic carbocycles. The number of aromatic nitrogens is 1. The Morgan fingerprint density at radius 2 is 1.92 bits per heavy atom. The minimum Gasteiger partial charge on any atom is -0.376 e.